The molecule has 0 aliphatic heterocycles. The minimum atomic E-state index is 0.592. The van der Waals surface area contributed by atoms with Crippen molar-refractivity contribution in [2.24, 2.45) is 5.73 Å². The number of thiazole rings is 1. The summed E-state index contributed by atoms with van der Waals surface area (Å²) in [5, 5.41) is 1.12. The van der Waals surface area contributed by atoms with Gasteiger partial charge >= 0.3 is 0 Å². The molecule has 2 aromatic rings. The van der Waals surface area contributed by atoms with Gasteiger partial charge in [0.05, 0.1) is 10.7 Å². The molecule has 2 aromatic heterocycles. The van der Waals surface area contributed by atoms with Gasteiger partial charge in [-0.25, -0.2) is 4.98 Å². The van der Waals surface area contributed by atoms with Crippen molar-refractivity contribution in [1.29, 1.82) is 0 Å². The van der Waals surface area contributed by atoms with Crippen LogP contribution in [0.3, 0.4) is 0 Å². The lowest BCUT2D eigenvalue weighted by Gasteiger charge is -1.95. The van der Waals surface area contributed by atoms with E-state index in [9.17, 15) is 0 Å². The topological polar surface area (TPSA) is 51.8 Å². The second kappa shape index (κ2) is 5.89. The van der Waals surface area contributed by atoms with E-state index in [4.69, 9.17) is 5.73 Å². The molecular formula is C13H17N3S. The van der Waals surface area contributed by atoms with Crippen LogP contribution < -0.4 is 5.73 Å². The Balaban J connectivity index is 2.16. The Hall–Kier alpha value is -1.26. The molecule has 0 fully saturated rings. The highest BCUT2D eigenvalue weighted by molar-refractivity contribution is 7.11. The maximum absolute atomic E-state index is 5.74. The maximum Gasteiger partial charge on any atom is 0.0991 e. The number of hydrogen-bond donors (Lipinski definition) is 1. The zero-order chi connectivity index (χ0) is 12.1. The van der Waals surface area contributed by atoms with Gasteiger partial charge < -0.3 is 5.73 Å². The summed E-state index contributed by atoms with van der Waals surface area (Å²) in [6.45, 7) is 2.76. The highest BCUT2D eigenvalue weighted by Crippen LogP contribution is 2.21. The van der Waals surface area contributed by atoms with Crippen molar-refractivity contribution >= 4 is 11.3 Å². The third-order valence-corrected chi connectivity index (χ3v) is 3.67. The zero-order valence-electron chi connectivity index (χ0n) is 10.0. The lowest BCUT2D eigenvalue weighted by Crippen LogP contribution is -1.98. The fourth-order valence-corrected chi connectivity index (χ4v) is 2.77. The van der Waals surface area contributed by atoms with E-state index in [2.05, 4.69) is 16.9 Å². The number of aryl methyl sites for hydroxylation is 1. The zero-order valence-corrected chi connectivity index (χ0v) is 10.8. The van der Waals surface area contributed by atoms with Gasteiger partial charge in [0.25, 0.3) is 0 Å². The van der Waals surface area contributed by atoms with Crippen molar-refractivity contribution in [2.45, 2.75) is 32.7 Å². The first-order valence-electron chi connectivity index (χ1n) is 5.91. The smallest absolute Gasteiger partial charge is 0.0991 e. The van der Waals surface area contributed by atoms with Gasteiger partial charge in [0.1, 0.15) is 0 Å². The molecule has 0 amide bonds. The summed E-state index contributed by atoms with van der Waals surface area (Å²) in [4.78, 5) is 10.2. The van der Waals surface area contributed by atoms with Crippen LogP contribution in [-0.4, -0.2) is 9.97 Å². The number of pyridine rings is 1. The second-order valence-corrected chi connectivity index (χ2v) is 5.10. The molecule has 17 heavy (non-hydrogen) atoms. The SMILES string of the molecule is CCCc1nc(Cc2ccccn2)sc1CN. The van der Waals surface area contributed by atoms with E-state index in [-0.39, 0.29) is 0 Å². The first kappa shape index (κ1) is 12.2. The average Bonchev–Trinajstić information content (AvgIpc) is 2.73. The van der Waals surface area contributed by atoms with Gasteiger partial charge in [-0.05, 0) is 18.6 Å². The van der Waals surface area contributed by atoms with Gasteiger partial charge in [0, 0.05) is 29.7 Å². The summed E-state index contributed by atoms with van der Waals surface area (Å²) in [6.07, 6.45) is 4.76. The average molecular weight is 247 g/mol. The molecular weight excluding hydrogens is 230 g/mol. The van der Waals surface area contributed by atoms with Crippen LogP contribution in [0.5, 0.6) is 0 Å². The number of rotatable bonds is 5. The predicted molar refractivity (Wildman–Crippen MR) is 71.0 cm³/mol. The minimum absolute atomic E-state index is 0.592. The monoisotopic (exact) mass is 247 g/mol. The van der Waals surface area contributed by atoms with Crippen LogP contribution in [0.15, 0.2) is 24.4 Å². The summed E-state index contributed by atoms with van der Waals surface area (Å²) < 4.78 is 0. The first-order chi connectivity index (χ1) is 8.33. The molecule has 0 aliphatic rings. The van der Waals surface area contributed by atoms with Crippen LogP contribution >= 0.6 is 11.3 Å². The number of hydrogen-bond acceptors (Lipinski definition) is 4. The van der Waals surface area contributed by atoms with Gasteiger partial charge in [-0.15, -0.1) is 11.3 Å². The summed E-state index contributed by atoms with van der Waals surface area (Å²) >= 11 is 1.72. The highest BCUT2D eigenvalue weighted by atomic mass is 32.1. The van der Waals surface area contributed by atoms with E-state index in [1.54, 1.807) is 11.3 Å². The van der Waals surface area contributed by atoms with Crippen molar-refractivity contribution in [3.05, 3.63) is 45.7 Å². The van der Waals surface area contributed by atoms with Crippen LogP contribution in [0.25, 0.3) is 0 Å². The molecule has 0 unspecified atom stereocenters. The van der Waals surface area contributed by atoms with E-state index in [1.165, 1.54) is 10.6 Å². The lowest BCUT2D eigenvalue weighted by atomic mass is 10.2. The number of nitrogens with zero attached hydrogens (tertiary/aromatic N) is 2. The Bertz CT molecular complexity index is 465. The molecule has 0 saturated carbocycles. The molecule has 2 N–H and O–H groups in total. The molecule has 0 aromatic carbocycles. The summed E-state index contributed by atoms with van der Waals surface area (Å²) in [6, 6.07) is 5.97. The molecule has 0 spiro atoms. The molecule has 2 rings (SSSR count). The Morgan fingerprint density at radius 1 is 1.35 bits per heavy atom. The van der Waals surface area contributed by atoms with E-state index in [0.29, 0.717) is 6.54 Å². The van der Waals surface area contributed by atoms with Crippen molar-refractivity contribution in [1.82, 2.24) is 9.97 Å². The molecule has 3 nitrogen and oxygen atoms in total. The maximum atomic E-state index is 5.74. The highest BCUT2D eigenvalue weighted by Gasteiger charge is 2.09. The summed E-state index contributed by atoms with van der Waals surface area (Å²) in [7, 11) is 0. The van der Waals surface area contributed by atoms with Crippen molar-refractivity contribution in [2.75, 3.05) is 0 Å². The minimum Gasteiger partial charge on any atom is -0.326 e. The lowest BCUT2D eigenvalue weighted by molar-refractivity contribution is 0.861. The van der Waals surface area contributed by atoms with Gasteiger partial charge in [-0.3, -0.25) is 4.98 Å². The van der Waals surface area contributed by atoms with Crippen LogP contribution in [0.1, 0.15) is 34.6 Å². The third kappa shape index (κ3) is 3.11. The normalized spacial score (nSPS) is 10.7. The van der Waals surface area contributed by atoms with Crippen LogP contribution in [0, 0.1) is 0 Å². The van der Waals surface area contributed by atoms with Crippen molar-refractivity contribution in [3.63, 3.8) is 0 Å². The summed E-state index contributed by atoms with van der Waals surface area (Å²) in [5.41, 5.74) is 7.98. The Morgan fingerprint density at radius 2 is 2.24 bits per heavy atom. The fourth-order valence-electron chi connectivity index (χ4n) is 1.76. The molecule has 0 atom stereocenters. The molecule has 90 valence electrons. The first-order valence-corrected chi connectivity index (χ1v) is 6.72. The van der Waals surface area contributed by atoms with Crippen LogP contribution in [-0.2, 0) is 19.4 Å². The van der Waals surface area contributed by atoms with Crippen molar-refractivity contribution in [3.8, 4) is 0 Å². The number of nitrogens with two attached hydrogens (primary N) is 1. The van der Waals surface area contributed by atoms with Crippen molar-refractivity contribution < 1.29 is 0 Å². The second-order valence-electron chi connectivity index (χ2n) is 3.93. The third-order valence-electron chi connectivity index (χ3n) is 2.55. The molecule has 4 heteroatoms. The largest absolute Gasteiger partial charge is 0.326 e. The van der Waals surface area contributed by atoms with E-state index in [1.807, 2.05) is 24.4 Å². The standard InChI is InChI=1S/C13H17N3S/c1-2-5-11-12(9-14)17-13(16-11)8-10-6-3-4-7-15-10/h3-4,6-7H,2,5,8-9,14H2,1H3. The van der Waals surface area contributed by atoms with Gasteiger partial charge in [0.2, 0.25) is 0 Å². The van der Waals surface area contributed by atoms with Gasteiger partial charge in [0.15, 0.2) is 0 Å². The summed E-state index contributed by atoms with van der Waals surface area (Å²) in [5.74, 6) is 0. The van der Waals surface area contributed by atoms with E-state index < -0.39 is 0 Å². The van der Waals surface area contributed by atoms with E-state index >= 15 is 0 Å². The Labute approximate surface area is 106 Å². The molecule has 0 bridgehead atoms. The van der Waals surface area contributed by atoms with Crippen LogP contribution in [0.4, 0.5) is 0 Å². The Morgan fingerprint density at radius 3 is 2.88 bits per heavy atom. The van der Waals surface area contributed by atoms with Gasteiger partial charge in [-0.1, -0.05) is 19.4 Å². The Kier molecular flexibility index (Phi) is 4.23. The molecule has 0 aliphatic carbocycles. The quantitative estimate of drug-likeness (QED) is 0.883. The molecule has 2 heterocycles. The number of aromatic nitrogens is 2. The predicted octanol–water partition coefficient (Wildman–Crippen LogP) is 2.54. The van der Waals surface area contributed by atoms with Gasteiger partial charge in [-0.2, -0.15) is 0 Å². The molecule has 0 radical (unpaired) electrons. The fraction of sp³-hybridized carbons (Fsp3) is 0.385. The van der Waals surface area contributed by atoms with Crippen LogP contribution in [0.2, 0.25) is 0 Å². The van der Waals surface area contributed by atoms with E-state index in [0.717, 1.165) is 30.0 Å². The molecule has 0 saturated heterocycles.